The van der Waals surface area contributed by atoms with Crippen LogP contribution < -0.4 is 4.74 Å². The molecular formula is C17H23N3O3. The van der Waals surface area contributed by atoms with E-state index in [2.05, 4.69) is 5.10 Å². The van der Waals surface area contributed by atoms with Crippen molar-refractivity contribution < 1.29 is 14.3 Å². The lowest BCUT2D eigenvalue weighted by atomic mass is 10.1. The van der Waals surface area contributed by atoms with Gasteiger partial charge in [-0.2, -0.15) is 5.10 Å². The van der Waals surface area contributed by atoms with Crippen molar-refractivity contribution in [3.8, 4) is 5.75 Å². The van der Waals surface area contributed by atoms with Crippen LogP contribution in [0.4, 0.5) is 0 Å². The molecule has 0 unspecified atom stereocenters. The predicted molar refractivity (Wildman–Crippen MR) is 88.4 cm³/mol. The van der Waals surface area contributed by atoms with Crippen molar-refractivity contribution in [3.05, 3.63) is 29.8 Å². The average molecular weight is 317 g/mol. The van der Waals surface area contributed by atoms with Crippen LogP contribution in [0, 0.1) is 0 Å². The molecule has 1 aromatic carbocycles. The molecule has 0 N–H and O–H groups in total. The van der Waals surface area contributed by atoms with Gasteiger partial charge in [-0.3, -0.25) is 9.59 Å². The molecule has 0 radical (unpaired) electrons. The van der Waals surface area contributed by atoms with Gasteiger partial charge in [-0.25, -0.2) is 5.01 Å². The number of nitrogens with zero attached hydrogens (tertiary/aromatic N) is 3. The van der Waals surface area contributed by atoms with Crippen molar-refractivity contribution in [1.82, 2.24) is 9.91 Å². The number of hydrogen-bond acceptors (Lipinski definition) is 4. The number of ether oxygens (including phenoxy) is 1. The van der Waals surface area contributed by atoms with Gasteiger partial charge in [0.2, 0.25) is 11.8 Å². The molecule has 1 aliphatic heterocycles. The van der Waals surface area contributed by atoms with Crippen molar-refractivity contribution >= 4 is 18.0 Å². The van der Waals surface area contributed by atoms with Crippen LogP contribution >= 0.6 is 0 Å². The highest BCUT2D eigenvalue weighted by Crippen LogP contribution is 2.11. The minimum absolute atomic E-state index is 0.0119. The number of likely N-dealkylation sites (tertiary alicyclic amines) is 1. The monoisotopic (exact) mass is 317 g/mol. The van der Waals surface area contributed by atoms with E-state index < -0.39 is 0 Å². The van der Waals surface area contributed by atoms with Gasteiger partial charge in [0.05, 0.1) is 13.3 Å². The fourth-order valence-corrected chi connectivity index (χ4v) is 2.43. The molecule has 6 heteroatoms. The van der Waals surface area contributed by atoms with Gasteiger partial charge in [0, 0.05) is 20.0 Å². The van der Waals surface area contributed by atoms with Gasteiger partial charge < -0.3 is 9.64 Å². The second-order valence-corrected chi connectivity index (χ2v) is 5.54. The molecule has 0 aliphatic carbocycles. The molecule has 124 valence electrons. The van der Waals surface area contributed by atoms with Gasteiger partial charge in [0.15, 0.2) is 0 Å². The Morgan fingerprint density at radius 3 is 2.43 bits per heavy atom. The van der Waals surface area contributed by atoms with Crippen LogP contribution in [0.2, 0.25) is 0 Å². The zero-order valence-electron chi connectivity index (χ0n) is 13.7. The first-order chi connectivity index (χ1) is 11.1. The number of hydrogen-bond donors (Lipinski definition) is 0. The number of piperidine rings is 1. The summed E-state index contributed by atoms with van der Waals surface area (Å²) >= 11 is 0. The molecule has 1 fully saturated rings. The van der Waals surface area contributed by atoms with E-state index in [4.69, 9.17) is 4.74 Å². The van der Waals surface area contributed by atoms with Crippen LogP contribution in [0.1, 0.15) is 31.7 Å². The van der Waals surface area contributed by atoms with Crippen molar-refractivity contribution in [3.63, 3.8) is 0 Å². The van der Waals surface area contributed by atoms with Gasteiger partial charge in [-0.05, 0) is 49.1 Å². The summed E-state index contributed by atoms with van der Waals surface area (Å²) in [5, 5.41) is 5.36. The summed E-state index contributed by atoms with van der Waals surface area (Å²) in [5.41, 5.74) is 0.836. The maximum atomic E-state index is 12.2. The molecule has 1 aliphatic rings. The summed E-state index contributed by atoms with van der Waals surface area (Å²) < 4.78 is 5.09. The Kier molecular flexibility index (Phi) is 6.14. The van der Waals surface area contributed by atoms with E-state index in [-0.39, 0.29) is 18.4 Å². The topological polar surface area (TPSA) is 62.2 Å². The molecule has 1 saturated heterocycles. The van der Waals surface area contributed by atoms with E-state index in [0.717, 1.165) is 43.7 Å². The number of carbonyl (C=O) groups excluding carboxylic acids is 2. The fourth-order valence-electron chi connectivity index (χ4n) is 2.43. The third-order valence-electron chi connectivity index (χ3n) is 3.82. The highest BCUT2D eigenvalue weighted by atomic mass is 16.5. The summed E-state index contributed by atoms with van der Waals surface area (Å²) in [4.78, 5) is 25.8. The normalized spacial score (nSPS) is 14.8. The SMILES string of the molecule is COc1ccc(/C=N/N(CC(=O)N2CCCCC2)C(C)=O)cc1. The summed E-state index contributed by atoms with van der Waals surface area (Å²) in [6.45, 7) is 2.94. The van der Waals surface area contributed by atoms with E-state index in [9.17, 15) is 9.59 Å². The Balaban J connectivity index is 1.98. The van der Waals surface area contributed by atoms with E-state index in [1.807, 2.05) is 29.2 Å². The van der Waals surface area contributed by atoms with Crippen molar-refractivity contribution in [2.24, 2.45) is 5.10 Å². The van der Waals surface area contributed by atoms with Crippen LogP contribution in [0.25, 0.3) is 0 Å². The minimum Gasteiger partial charge on any atom is -0.497 e. The van der Waals surface area contributed by atoms with E-state index in [0.29, 0.717) is 0 Å². The number of benzene rings is 1. The zero-order valence-corrected chi connectivity index (χ0v) is 13.7. The second-order valence-electron chi connectivity index (χ2n) is 5.54. The maximum Gasteiger partial charge on any atom is 0.244 e. The lowest BCUT2D eigenvalue weighted by molar-refractivity contribution is -0.139. The molecule has 0 atom stereocenters. The molecule has 0 saturated carbocycles. The molecule has 2 rings (SSSR count). The lowest BCUT2D eigenvalue weighted by Gasteiger charge is -2.28. The molecule has 23 heavy (non-hydrogen) atoms. The second kappa shape index (κ2) is 8.31. The molecule has 1 heterocycles. The van der Waals surface area contributed by atoms with Gasteiger partial charge in [0.25, 0.3) is 0 Å². The van der Waals surface area contributed by atoms with E-state index >= 15 is 0 Å². The first kappa shape index (κ1) is 17.0. The Morgan fingerprint density at radius 2 is 1.87 bits per heavy atom. The molecule has 1 aromatic rings. The number of carbonyl (C=O) groups is 2. The zero-order chi connectivity index (χ0) is 16.7. The number of amides is 2. The van der Waals surface area contributed by atoms with Crippen molar-refractivity contribution in [2.75, 3.05) is 26.7 Å². The molecule has 6 nitrogen and oxygen atoms in total. The third kappa shape index (κ3) is 5.09. The number of hydrazone groups is 1. The van der Waals surface area contributed by atoms with Crippen LogP contribution in [-0.2, 0) is 9.59 Å². The Hall–Kier alpha value is -2.37. The smallest absolute Gasteiger partial charge is 0.244 e. The lowest BCUT2D eigenvalue weighted by Crippen LogP contribution is -2.42. The van der Waals surface area contributed by atoms with E-state index in [1.165, 1.54) is 11.9 Å². The van der Waals surface area contributed by atoms with Gasteiger partial charge in [0.1, 0.15) is 12.3 Å². The van der Waals surface area contributed by atoms with Gasteiger partial charge >= 0.3 is 0 Å². The van der Waals surface area contributed by atoms with Crippen molar-refractivity contribution in [2.45, 2.75) is 26.2 Å². The summed E-state index contributed by atoms with van der Waals surface area (Å²) in [6, 6.07) is 7.32. The largest absolute Gasteiger partial charge is 0.497 e. The minimum atomic E-state index is -0.250. The highest BCUT2D eigenvalue weighted by Gasteiger charge is 2.20. The first-order valence-corrected chi connectivity index (χ1v) is 7.84. The Bertz CT molecular complexity index is 563. The molecule has 0 aromatic heterocycles. The van der Waals surface area contributed by atoms with Crippen molar-refractivity contribution in [1.29, 1.82) is 0 Å². The highest BCUT2D eigenvalue weighted by molar-refractivity contribution is 5.86. The molecular weight excluding hydrogens is 294 g/mol. The molecule has 2 amide bonds. The van der Waals surface area contributed by atoms with Gasteiger partial charge in [-0.15, -0.1) is 0 Å². The average Bonchev–Trinajstić information content (AvgIpc) is 2.59. The van der Waals surface area contributed by atoms with Crippen LogP contribution in [0.3, 0.4) is 0 Å². The van der Waals surface area contributed by atoms with E-state index in [1.54, 1.807) is 13.3 Å². The summed E-state index contributed by atoms with van der Waals surface area (Å²) in [5.74, 6) is 0.456. The van der Waals surface area contributed by atoms with Crippen LogP contribution in [0.15, 0.2) is 29.4 Å². The summed E-state index contributed by atoms with van der Waals surface area (Å²) in [6.07, 6.45) is 4.79. The Morgan fingerprint density at radius 1 is 1.22 bits per heavy atom. The summed E-state index contributed by atoms with van der Waals surface area (Å²) in [7, 11) is 1.60. The van der Waals surface area contributed by atoms with Gasteiger partial charge in [-0.1, -0.05) is 0 Å². The Labute approximate surface area is 136 Å². The standard InChI is InChI=1S/C17H23N3O3/c1-14(21)20(13-17(22)19-10-4-3-5-11-19)18-12-15-6-8-16(23-2)9-7-15/h6-9,12H,3-5,10-11,13H2,1-2H3/b18-12+. The van der Waals surface area contributed by atoms with Crippen LogP contribution in [0.5, 0.6) is 5.75 Å². The van der Waals surface area contributed by atoms with Crippen LogP contribution in [-0.4, -0.2) is 54.7 Å². The third-order valence-corrected chi connectivity index (χ3v) is 3.82. The predicted octanol–water partition coefficient (Wildman–Crippen LogP) is 1.89. The fraction of sp³-hybridized carbons (Fsp3) is 0.471. The molecule has 0 spiro atoms. The number of methoxy groups -OCH3 is 1. The first-order valence-electron chi connectivity index (χ1n) is 7.84. The maximum absolute atomic E-state index is 12.2. The molecule has 0 bridgehead atoms. The quantitative estimate of drug-likeness (QED) is 0.615. The number of rotatable bonds is 5.